The first kappa shape index (κ1) is 18.4. The predicted octanol–water partition coefficient (Wildman–Crippen LogP) is 3.57. The summed E-state index contributed by atoms with van der Waals surface area (Å²) in [5, 5.41) is 6.32. The number of hydrogen-bond acceptors (Lipinski definition) is 4. The van der Waals surface area contributed by atoms with Gasteiger partial charge in [-0.25, -0.2) is 14.8 Å². The number of carbonyl (C=O) groups excluding carboxylic acids is 2. The van der Waals surface area contributed by atoms with Gasteiger partial charge in [0.2, 0.25) is 11.2 Å². The number of imide groups is 1. The van der Waals surface area contributed by atoms with Crippen LogP contribution in [0.25, 0.3) is 10.9 Å². The molecule has 8 heteroatoms. The summed E-state index contributed by atoms with van der Waals surface area (Å²) in [5.74, 6) is -0.477. The summed E-state index contributed by atoms with van der Waals surface area (Å²) >= 11 is 11.5. The molecule has 1 aliphatic heterocycles. The Kier molecular flexibility index (Phi) is 5.25. The molecular weight excluding hydrogens is 375 g/mol. The third kappa shape index (κ3) is 4.03. The average Bonchev–Trinajstić information content (AvgIpc) is 2.54. The van der Waals surface area contributed by atoms with E-state index in [4.69, 9.17) is 23.2 Å². The quantitative estimate of drug-likeness (QED) is 0.531. The van der Waals surface area contributed by atoms with E-state index in [0.29, 0.717) is 5.15 Å². The molecule has 0 radical (unpaired) electrons. The van der Waals surface area contributed by atoms with Crippen molar-refractivity contribution in [1.82, 2.24) is 20.6 Å². The van der Waals surface area contributed by atoms with E-state index in [1.165, 1.54) is 0 Å². The van der Waals surface area contributed by atoms with Gasteiger partial charge in [-0.05, 0) is 43.1 Å². The Bertz CT molecular complexity index is 950. The lowest BCUT2D eigenvalue weighted by Crippen LogP contribution is -2.57. The summed E-state index contributed by atoms with van der Waals surface area (Å²) in [6.07, 6.45) is 5.59. The predicted molar refractivity (Wildman–Crippen MR) is 101 cm³/mol. The number of rotatable bonds is 0. The van der Waals surface area contributed by atoms with Crippen LogP contribution in [0.2, 0.25) is 10.4 Å². The van der Waals surface area contributed by atoms with E-state index >= 15 is 0 Å². The Labute approximate surface area is 160 Å². The molecule has 1 aromatic carbocycles. The highest BCUT2D eigenvalue weighted by atomic mass is 35.5. The summed E-state index contributed by atoms with van der Waals surface area (Å²) in [4.78, 5) is 30.2. The van der Waals surface area contributed by atoms with E-state index in [0.717, 1.165) is 22.0 Å². The average molecular weight is 391 g/mol. The fourth-order valence-corrected chi connectivity index (χ4v) is 3.22. The second-order valence-electron chi connectivity index (χ2n) is 6.09. The van der Waals surface area contributed by atoms with Crippen LogP contribution in [0.4, 0.5) is 4.79 Å². The number of allylic oxidation sites excluding steroid dienone is 2. The maximum atomic E-state index is 11.3. The van der Waals surface area contributed by atoms with Crippen molar-refractivity contribution in [3.8, 4) is 0 Å². The number of carbonyl (C=O) groups is 2. The first-order valence-electron chi connectivity index (χ1n) is 7.91. The van der Waals surface area contributed by atoms with Gasteiger partial charge in [0.05, 0.1) is 17.5 Å². The van der Waals surface area contributed by atoms with Crippen LogP contribution < -0.4 is 10.6 Å². The number of benzene rings is 1. The Morgan fingerprint density at radius 2 is 1.88 bits per heavy atom. The third-order valence-corrected chi connectivity index (χ3v) is 4.47. The van der Waals surface area contributed by atoms with Crippen LogP contribution in [0.5, 0.6) is 0 Å². The van der Waals surface area contributed by atoms with E-state index in [1.807, 2.05) is 50.3 Å². The molecule has 26 heavy (non-hydrogen) atoms. The lowest BCUT2D eigenvalue weighted by Gasteiger charge is -2.29. The molecule has 3 amide bonds. The van der Waals surface area contributed by atoms with Gasteiger partial charge >= 0.3 is 6.03 Å². The molecule has 0 bridgehead atoms. The Morgan fingerprint density at radius 1 is 1.12 bits per heavy atom. The molecule has 0 saturated carbocycles. The zero-order valence-electron chi connectivity index (χ0n) is 14.1. The second-order valence-corrected chi connectivity index (χ2v) is 6.78. The summed E-state index contributed by atoms with van der Waals surface area (Å²) in [6, 6.07) is 5.20. The number of aromatic nitrogens is 2. The molecule has 1 aromatic heterocycles. The zero-order valence-corrected chi connectivity index (χ0v) is 15.6. The minimum atomic E-state index is -0.411. The van der Waals surface area contributed by atoms with Gasteiger partial charge < -0.3 is 5.32 Å². The monoisotopic (exact) mass is 390 g/mol. The maximum Gasteiger partial charge on any atom is 0.321 e. The number of nitrogens with zero attached hydrogens (tertiary/aromatic N) is 2. The van der Waals surface area contributed by atoms with Gasteiger partial charge in [0.25, 0.3) is 0 Å². The van der Waals surface area contributed by atoms with Gasteiger partial charge in [-0.15, -0.1) is 0 Å². The number of aryl methyl sites for hydroxylation is 1. The lowest BCUT2D eigenvalue weighted by atomic mass is 9.90. The van der Waals surface area contributed by atoms with Crippen LogP contribution >= 0.6 is 23.2 Å². The van der Waals surface area contributed by atoms with Crippen molar-refractivity contribution in [2.75, 3.05) is 0 Å². The SMILES string of the molecule is CC1=CC2NC(=O)NC(=O)C2C=C1.Cc1ccc2c(Cl)nc(Cl)nc2c1. The number of halogens is 2. The molecule has 0 spiro atoms. The van der Waals surface area contributed by atoms with Crippen LogP contribution in [-0.4, -0.2) is 27.9 Å². The first-order valence-corrected chi connectivity index (χ1v) is 8.66. The number of fused-ring (bicyclic) bond motifs is 2. The Balaban J connectivity index is 0.000000151. The summed E-state index contributed by atoms with van der Waals surface area (Å²) in [7, 11) is 0. The minimum Gasteiger partial charge on any atom is -0.330 e. The van der Waals surface area contributed by atoms with Gasteiger partial charge in [0.15, 0.2) is 0 Å². The molecule has 2 atom stereocenters. The molecule has 1 saturated heterocycles. The highest BCUT2D eigenvalue weighted by molar-refractivity contribution is 6.35. The number of amides is 3. The number of nitrogens with one attached hydrogen (secondary N) is 2. The van der Waals surface area contributed by atoms with Crippen LogP contribution in [0.3, 0.4) is 0 Å². The largest absolute Gasteiger partial charge is 0.330 e. The maximum absolute atomic E-state index is 11.3. The standard InChI is InChI=1S/C9H6Cl2N2.C9H10N2O2/c1-5-2-3-6-7(4-5)12-9(11)13-8(6)10;1-5-2-3-6-7(4-5)10-9(13)11-8(6)12/h2-4H,1H3;2-4,6-7H,1H3,(H2,10,11,12,13). The molecule has 2 unspecified atom stereocenters. The summed E-state index contributed by atoms with van der Waals surface area (Å²) in [5.41, 5.74) is 2.97. The topological polar surface area (TPSA) is 84.0 Å². The van der Waals surface area contributed by atoms with E-state index in [9.17, 15) is 9.59 Å². The molecule has 2 N–H and O–H groups in total. The van der Waals surface area contributed by atoms with Crippen molar-refractivity contribution in [1.29, 1.82) is 0 Å². The summed E-state index contributed by atoms with van der Waals surface area (Å²) in [6.45, 7) is 3.93. The molecule has 1 fully saturated rings. The molecule has 2 aliphatic rings. The van der Waals surface area contributed by atoms with Gasteiger partial charge in [0.1, 0.15) is 5.15 Å². The highest BCUT2D eigenvalue weighted by Gasteiger charge is 2.33. The second kappa shape index (κ2) is 7.43. The van der Waals surface area contributed by atoms with Crippen LogP contribution in [0.15, 0.2) is 42.0 Å². The van der Waals surface area contributed by atoms with Crippen molar-refractivity contribution in [3.05, 3.63) is 58.0 Å². The zero-order chi connectivity index (χ0) is 18.8. The molecule has 1 aliphatic carbocycles. The van der Waals surface area contributed by atoms with E-state index in [2.05, 4.69) is 20.6 Å². The van der Waals surface area contributed by atoms with E-state index in [1.54, 1.807) is 0 Å². The van der Waals surface area contributed by atoms with Crippen molar-refractivity contribution in [2.45, 2.75) is 19.9 Å². The Hall–Kier alpha value is -2.44. The van der Waals surface area contributed by atoms with Gasteiger partial charge in [-0.1, -0.05) is 41.5 Å². The normalized spacial score (nSPS) is 21.2. The van der Waals surface area contributed by atoms with Crippen molar-refractivity contribution < 1.29 is 9.59 Å². The van der Waals surface area contributed by atoms with Crippen molar-refractivity contribution in [2.24, 2.45) is 5.92 Å². The molecule has 2 heterocycles. The Morgan fingerprint density at radius 3 is 2.65 bits per heavy atom. The lowest BCUT2D eigenvalue weighted by molar-refractivity contribution is -0.123. The number of urea groups is 1. The molecule has 2 aromatic rings. The molecule has 4 rings (SSSR count). The van der Waals surface area contributed by atoms with Crippen LogP contribution in [-0.2, 0) is 4.79 Å². The van der Waals surface area contributed by atoms with Crippen molar-refractivity contribution in [3.63, 3.8) is 0 Å². The fraction of sp³-hybridized carbons (Fsp3) is 0.222. The van der Waals surface area contributed by atoms with Crippen LogP contribution in [0.1, 0.15) is 12.5 Å². The minimum absolute atomic E-state index is 0.175. The van der Waals surface area contributed by atoms with Gasteiger partial charge in [-0.3, -0.25) is 10.1 Å². The van der Waals surface area contributed by atoms with Crippen molar-refractivity contribution >= 4 is 46.0 Å². The summed E-state index contributed by atoms with van der Waals surface area (Å²) < 4.78 is 0. The van der Waals surface area contributed by atoms with E-state index < -0.39 is 6.03 Å². The van der Waals surface area contributed by atoms with E-state index in [-0.39, 0.29) is 23.2 Å². The first-order chi connectivity index (χ1) is 12.3. The number of hydrogen-bond donors (Lipinski definition) is 2. The smallest absolute Gasteiger partial charge is 0.321 e. The van der Waals surface area contributed by atoms with Gasteiger partial charge in [0, 0.05) is 5.39 Å². The third-order valence-electron chi connectivity index (χ3n) is 4.01. The molecule has 6 nitrogen and oxygen atoms in total. The molecular formula is C18H16Cl2N4O2. The fourth-order valence-electron chi connectivity index (χ4n) is 2.76. The highest BCUT2D eigenvalue weighted by Crippen LogP contribution is 2.22. The van der Waals surface area contributed by atoms with Crippen LogP contribution in [0, 0.1) is 12.8 Å². The molecule has 134 valence electrons. The van der Waals surface area contributed by atoms with Gasteiger partial charge in [-0.2, -0.15) is 0 Å².